The van der Waals surface area contributed by atoms with E-state index >= 15 is 0 Å². The Bertz CT molecular complexity index is 245. The summed E-state index contributed by atoms with van der Waals surface area (Å²) in [6, 6.07) is 0. The Balaban J connectivity index is 2.08. The van der Waals surface area contributed by atoms with Crippen LogP contribution in [0.3, 0.4) is 0 Å². The maximum absolute atomic E-state index is 11.2. The van der Waals surface area contributed by atoms with Crippen molar-refractivity contribution in [1.82, 2.24) is 0 Å². The molecule has 0 spiro atoms. The summed E-state index contributed by atoms with van der Waals surface area (Å²) in [5, 5.41) is 9.19. The smallest absolute Gasteiger partial charge is 0.309 e. The molecule has 2 rings (SSSR count). The lowest BCUT2D eigenvalue weighted by atomic mass is 9.80. The summed E-state index contributed by atoms with van der Waals surface area (Å²) in [6.45, 7) is 1.95. The van der Waals surface area contributed by atoms with Gasteiger partial charge in [-0.2, -0.15) is 0 Å². The second kappa shape index (κ2) is 2.86. The van der Waals surface area contributed by atoms with Gasteiger partial charge in [0, 0.05) is 0 Å². The molecule has 0 aliphatic heterocycles. The van der Waals surface area contributed by atoms with E-state index in [0.717, 1.165) is 31.1 Å². The van der Waals surface area contributed by atoms with Gasteiger partial charge in [0.2, 0.25) is 0 Å². The van der Waals surface area contributed by atoms with Crippen molar-refractivity contribution in [3.05, 3.63) is 12.2 Å². The molecule has 2 atom stereocenters. The average molecular weight is 180 g/mol. The van der Waals surface area contributed by atoms with Crippen LogP contribution in [0, 0.1) is 17.3 Å². The highest BCUT2D eigenvalue weighted by Gasteiger charge is 2.56. The normalized spacial score (nSPS) is 42.2. The fraction of sp³-hybridized carbons (Fsp3) is 0.727. The minimum Gasteiger partial charge on any atom is -0.481 e. The lowest BCUT2D eigenvalue weighted by molar-refractivity contribution is -0.149. The van der Waals surface area contributed by atoms with Crippen LogP contribution in [0.15, 0.2) is 12.2 Å². The molecule has 72 valence electrons. The Labute approximate surface area is 78.6 Å². The molecular weight excluding hydrogens is 164 g/mol. The van der Waals surface area contributed by atoms with Crippen LogP contribution in [0.25, 0.3) is 0 Å². The molecule has 2 saturated carbocycles. The van der Waals surface area contributed by atoms with Gasteiger partial charge >= 0.3 is 5.97 Å². The van der Waals surface area contributed by atoms with E-state index in [-0.39, 0.29) is 0 Å². The molecule has 0 heterocycles. The number of carboxylic acids is 1. The van der Waals surface area contributed by atoms with Crippen LogP contribution >= 0.6 is 0 Å². The first-order valence-corrected chi connectivity index (χ1v) is 5.02. The van der Waals surface area contributed by atoms with Crippen molar-refractivity contribution < 1.29 is 9.90 Å². The van der Waals surface area contributed by atoms with Crippen LogP contribution in [0.4, 0.5) is 0 Å². The van der Waals surface area contributed by atoms with E-state index in [1.807, 2.05) is 19.1 Å². The number of hydrogen-bond acceptors (Lipinski definition) is 1. The molecule has 0 radical (unpaired) electrons. The number of fused-ring (bicyclic) bond motifs is 1. The van der Waals surface area contributed by atoms with Gasteiger partial charge in [-0.15, -0.1) is 0 Å². The lowest BCUT2D eigenvalue weighted by Gasteiger charge is -2.24. The second-order valence-electron chi connectivity index (χ2n) is 4.52. The minimum atomic E-state index is -0.585. The van der Waals surface area contributed by atoms with E-state index in [9.17, 15) is 9.90 Å². The van der Waals surface area contributed by atoms with Gasteiger partial charge in [0.15, 0.2) is 0 Å². The predicted octanol–water partition coefficient (Wildman–Crippen LogP) is 2.45. The molecule has 2 heteroatoms. The molecule has 2 aliphatic rings. The van der Waals surface area contributed by atoms with Crippen LogP contribution in [0.2, 0.25) is 0 Å². The molecular formula is C11H16O2. The summed E-state index contributed by atoms with van der Waals surface area (Å²) >= 11 is 0. The Morgan fingerprint density at radius 1 is 1.54 bits per heavy atom. The number of rotatable bonds is 3. The standard InChI is InChI=1S/C11H16O2/c1-2-3-4-11(10(12)13)6-8-5-9(8)7-11/h2-3,8-9H,4-7H2,1H3,(H,12,13)/b3-2+. The van der Waals surface area contributed by atoms with Crippen molar-refractivity contribution in [2.45, 2.75) is 32.6 Å². The quantitative estimate of drug-likeness (QED) is 0.677. The van der Waals surface area contributed by atoms with Crippen molar-refractivity contribution in [2.75, 3.05) is 0 Å². The summed E-state index contributed by atoms with van der Waals surface area (Å²) in [5.41, 5.74) is -0.403. The fourth-order valence-electron chi connectivity index (χ4n) is 2.67. The van der Waals surface area contributed by atoms with Gasteiger partial charge in [-0.25, -0.2) is 0 Å². The van der Waals surface area contributed by atoms with Crippen molar-refractivity contribution in [3.8, 4) is 0 Å². The fourth-order valence-corrected chi connectivity index (χ4v) is 2.67. The topological polar surface area (TPSA) is 37.3 Å². The van der Waals surface area contributed by atoms with Gasteiger partial charge in [0.1, 0.15) is 0 Å². The molecule has 0 aromatic carbocycles. The predicted molar refractivity (Wildman–Crippen MR) is 50.3 cm³/mol. The molecule has 0 amide bonds. The Morgan fingerprint density at radius 2 is 2.15 bits per heavy atom. The average Bonchev–Trinajstić information content (AvgIpc) is 2.71. The van der Waals surface area contributed by atoms with E-state index in [4.69, 9.17) is 0 Å². The van der Waals surface area contributed by atoms with Gasteiger partial charge in [0.25, 0.3) is 0 Å². The van der Waals surface area contributed by atoms with Crippen molar-refractivity contribution in [1.29, 1.82) is 0 Å². The highest BCUT2D eigenvalue weighted by atomic mass is 16.4. The molecule has 2 aliphatic carbocycles. The van der Waals surface area contributed by atoms with Gasteiger partial charge in [-0.3, -0.25) is 4.79 Å². The summed E-state index contributed by atoms with van der Waals surface area (Å²) < 4.78 is 0. The second-order valence-corrected chi connectivity index (χ2v) is 4.52. The zero-order valence-electron chi connectivity index (χ0n) is 7.99. The zero-order valence-corrected chi connectivity index (χ0v) is 7.99. The lowest BCUT2D eigenvalue weighted by Crippen LogP contribution is -2.28. The van der Waals surface area contributed by atoms with Gasteiger partial charge in [-0.05, 0) is 44.4 Å². The van der Waals surface area contributed by atoms with Crippen LogP contribution in [-0.2, 0) is 4.79 Å². The van der Waals surface area contributed by atoms with Gasteiger partial charge < -0.3 is 5.11 Å². The largest absolute Gasteiger partial charge is 0.481 e. The molecule has 2 unspecified atom stereocenters. The first-order chi connectivity index (χ1) is 6.18. The molecule has 1 N–H and O–H groups in total. The van der Waals surface area contributed by atoms with Crippen molar-refractivity contribution >= 4 is 5.97 Å². The Kier molecular flexibility index (Phi) is 1.94. The monoisotopic (exact) mass is 180 g/mol. The number of hydrogen-bond donors (Lipinski definition) is 1. The molecule has 0 aromatic rings. The maximum Gasteiger partial charge on any atom is 0.309 e. The number of aliphatic carboxylic acids is 1. The van der Waals surface area contributed by atoms with Crippen molar-refractivity contribution in [2.24, 2.45) is 17.3 Å². The van der Waals surface area contributed by atoms with Gasteiger partial charge in [-0.1, -0.05) is 12.2 Å². The number of allylic oxidation sites excluding steroid dienone is 2. The van der Waals surface area contributed by atoms with E-state index in [0.29, 0.717) is 0 Å². The molecule has 0 bridgehead atoms. The van der Waals surface area contributed by atoms with E-state index in [1.165, 1.54) is 6.42 Å². The van der Waals surface area contributed by atoms with Crippen LogP contribution in [-0.4, -0.2) is 11.1 Å². The third kappa shape index (κ3) is 1.38. The minimum absolute atomic E-state index is 0.403. The molecule has 13 heavy (non-hydrogen) atoms. The SMILES string of the molecule is C/C=C/CC1(C(=O)O)CC2CC2C1. The van der Waals surface area contributed by atoms with E-state index in [2.05, 4.69) is 0 Å². The summed E-state index contributed by atoms with van der Waals surface area (Å²) in [5.74, 6) is 0.889. The zero-order chi connectivity index (χ0) is 9.47. The number of carboxylic acid groups (broad SMARTS) is 1. The van der Waals surface area contributed by atoms with Crippen LogP contribution in [0.5, 0.6) is 0 Å². The maximum atomic E-state index is 11.2. The third-order valence-electron chi connectivity index (χ3n) is 3.57. The summed E-state index contributed by atoms with van der Waals surface area (Å²) in [4.78, 5) is 11.2. The highest BCUT2D eigenvalue weighted by molar-refractivity contribution is 5.75. The van der Waals surface area contributed by atoms with Gasteiger partial charge in [0.05, 0.1) is 5.41 Å². The molecule has 2 nitrogen and oxygen atoms in total. The highest BCUT2D eigenvalue weighted by Crippen LogP contribution is 2.61. The summed E-state index contributed by atoms with van der Waals surface area (Å²) in [6.07, 6.45) is 7.79. The molecule has 0 saturated heterocycles. The number of carbonyl (C=O) groups is 1. The Morgan fingerprint density at radius 3 is 2.62 bits per heavy atom. The first-order valence-electron chi connectivity index (χ1n) is 5.02. The Hall–Kier alpha value is -0.790. The van der Waals surface area contributed by atoms with Crippen LogP contribution in [0.1, 0.15) is 32.6 Å². The van der Waals surface area contributed by atoms with Crippen LogP contribution < -0.4 is 0 Å². The molecule has 2 fully saturated rings. The summed E-state index contributed by atoms with van der Waals surface area (Å²) in [7, 11) is 0. The first kappa shape index (κ1) is 8.79. The third-order valence-corrected chi connectivity index (χ3v) is 3.57. The van der Waals surface area contributed by atoms with E-state index in [1.54, 1.807) is 0 Å². The van der Waals surface area contributed by atoms with E-state index < -0.39 is 11.4 Å². The van der Waals surface area contributed by atoms with Crippen molar-refractivity contribution in [3.63, 3.8) is 0 Å². The molecule has 0 aromatic heterocycles.